The molecule has 0 radical (unpaired) electrons. The van der Waals surface area contributed by atoms with Gasteiger partial charge in [-0.25, -0.2) is 0 Å². The lowest BCUT2D eigenvalue weighted by Crippen LogP contribution is -2.55. The number of likely N-dealkylation sites (N-methyl/N-ethyl adjacent to an activating group) is 1. The summed E-state index contributed by atoms with van der Waals surface area (Å²) in [5.41, 5.74) is -0.674. The van der Waals surface area contributed by atoms with Gasteiger partial charge in [-0.2, -0.15) is 5.26 Å². The fourth-order valence-corrected chi connectivity index (χ4v) is 2.81. The molecule has 0 aromatic rings. The Morgan fingerprint density at radius 1 is 1.47 bits per heavy atom. The van der Waals surface area contributed by atoms with Crippen LogP contribution in [0.15, 0.2) is 0 Å². The SMILES string of the molecule is C[C@@H]1CN(C)CCN1CC(=O)N[C@](C)(C#N)C1CC1. The maximum atomic E-state index is 12.1. The van der Waals surface area contributed by atoms with Crippen molar-refractivity contribution in [1.82, 2.24) is 15.1 Å². The Morgan fingerprint density at radius 3 is 2.68 bits per heavy atom. The van der Waals surface area contributed by atoms with Crippen molar-refractivity contribution in [2.45, 2.75) is 38.3 Å². The molecule has 1 amide bonds. The number of nitrogens with zero attached hydrogens (tertiary/aromatic N) is 3. The number of nitriles is 1. The Labute approximate surface area is 115 Å². The quantitative estimate of drug-likeness (QED) is 0.800. The predicted molar refractivity (Wildman–Crippen MR) is 73.4 cm³/mol. The summed E-state index contributed by atoms with van der Waals surface area (Å²) in [7, 11) is 2.10. The Bertz CT molecular complexity index is 387. The Morgan fingerprint density at radius 2 is 2.16 bits per heavy atom. The van der Waals surface area contributed by atoms with Crippen molar-refractivity contribution in [2.24, 2.45) is 5.92 Å². The van der Waals surface area contributed by atoms with Crippen LogP contribution in [0, 0.1) is 17.2 Å². The number of carbonyl (C=O) groups is 1. The monoisotopic (exact) mass is 264 g/mol. The van der Waals surface area contributed by atoms with Crippen LogP contribution in [0.2, 0.25) is 0 Å². The molecule has 5 heteroatoms. The van der Waals surface area contributed by atoms with Crippen LogP contribution in [-0.2, 0) is 4.79 Å². The summed E-state index contributed by atoms with van der Waals surface area (Å²) in [5.74, 6) is 0.318. The van der Waals surface area contributed by atoms with Crippen molar-refractivity contribution in [3.8, 4) is 6.07 Å². The molecule has 0 unspecified atom stereocenters. The van der Waals surface area contributed by atoms with Crippen molar-refractivity contribution < 1.29 is 4.79 Å². The highest BCUT2D eigenvalue weighted by molar-refractivity contribution is 5.79. The van der Waals surface area contributed by atoms with Crippen LogP contribution >= 0.6 is 0 Å². The molecule has 0 bridgehead atoms. The summed E-state index contributed by atoms with van der Waals surface area (Å²) in [5, 5.41) is 12.2. The molecule has 1 aliphatic heterocycles. The van der Waals surface area contributed by atoms with Crippen LogP contribution in [0.4, 0.5) is 0 Å². The summed E-state index contributed by atoms with van der Waals surface area (Å²) in [6.45, 7) is 7.29. The lowest BCUT2D eigenvalue weighted by Gasteiger charge is -2.38. The molecule has 1 saturated carbocycles. The van der Waals surface area contributed by atoms with Crippen LogP contribution in [0.1, 0.15) is 26.7 Å². The van der Waals surface area contributed by atoms with E-state index in [1.54, 1.807) is 0 Å². The van der Waals surface area contributed by atoms with Gasteiger partial charge in [0.15, 0.2) is 0 Å². The van der Waals surface area contributed by atoms with E-state index in [2.05, 4.69) is 35.2 Å². The highest BCUT2D eigenvalue weighted by atomic mass is 16.2. The van der Waals surface area contributed by atoms with E-state index in [0.29, 0.717) is 18.5 Å². The molecule has 2 atom stereocenters. The largest absolute Gasteiger partial charge is 0.337 e. The van der Waals surface area contributed by atoms with Crippen molar-refractivity contribution >= 4 is 5.91 Å². The van der Waals surface area contributed by atoms with E-state index in [-0.39, 0.29) is 5.91 Å². The summed E-state index contributed by atoms with van der Waals surface area (Å²) < 4.78 is 0. The van der Waals surface area contributed by atoms with Gasteiger partial charge < -0.3 is 10.2 Å². The summed E-state index contributed by atoms with van der Waals surface area (Å²) in [4.78, 5) is 16.6. The summed E-state index contributed by atoms with van der Waals surface area (Å²) >= 11 is 0. The van der Waals surface area contributed by atoms with Gasteiger partial charge in [0.25, 0.3) is 0 Å². The van der Waals surface area contributed by atoms with Crippen LogP contribution in [0.5, 0.6) is 0 Å². The third kappa shape index (κ3) is 3.46. The molecule has 2 rings (SSSR count). The third-order valence-corrected chi connectivity index (χ3v) is 4.34. The van der Waals surface area contributed by atoms with Crippen molar-refractivity contribution in [1.29, 1.82) is 5.26 Å². The predicted octanol–water partition coefficient (Wildman–Crippen LogP) is 0.431. The summed E-state index contributed by atoms with van der Waals surface area (Å²) in [6, 6.07) is 2.66. The van der Waals surface area contributed by atoms with E-state index in [1.165, 1.54) is 0 Å². The van der Waals surface area contributed by atoms with Crippen molar-refractivity contribution in [2.75, 3.05) is 33.2 Å². The molecule has 5 nitrogen and oxygen atoms in total. The standard InChI is InChI=1S/C14H24N4O/c1-11-8-17(3)6-7-18(11)9-13(19)16-14(2,10-15)12-4-5-12/h11-12H,4-9H2,1-3H3,(H,16,19)/t11-,14-/m1/s1. The molecule has 0 aromatic heterocycles. The molecule has 2 aliphatic rings. The maximum absolute atomic E-state index is 12.1. The first kappa shape index (κ1) is 14.3. The average molecular weight is 264 g/mol. The first-order chi connectivity index (χ1) is 8.94. The van der Waals surface area contributed by atoms with Gasteiger partial charge in [-0.15, -0.1) is 0 Å². The minimum Gasteiger partial charge on any atom is -0.337 e. The Hall–Kier alpha value is -1.12. The smallest absolute Gasteiger partial charge is 0.235 e. The second kappa shape index (κ2) is 5.48. The number of carbonyl (C=O) groups excluding carboxylic acids is 1. The molecule has 1 N–H and O–H groups in total. The van der Waals surface area contributed by atoms with Gasteiger partial charge in [-0.05, 0) is 39.7 Å². The molecular weight excluding hydrogens is 240 g/mol. The number of amides is 1. The zero-order valence-electron chi connectivity index (χ0n) is 12.1. The number of piperazine rings is 1. The molecule has 19 heavy (non-hydrogen) atoms. The number of rotatable bonds is 4. The van der Waals surface area contributed by atoms with Gasteiger partial charge in [-0.1, -0.05) is 0 Å². The second-order valence-corrected chi connectivity index (χ2v) is 6.22. The fraction of sp³-hybridized carbons (Fsp3) is 0.857. The van der Waals surface area contributed by atoms with E-state index in [9.17, 15) is 10.1 Å². The zero-order chi connectivity index (χ0) is 14.0. The minimum absolute atomic E-state index is 0.0210. The normalized spacial score (nSPS) is 28.4. The fourth-order valence-electron chi connectivity index (χ4n) is 2.81. The molecular formula is C14H24N4O. The van der Waals surface area contributed by atoms with Gasteiger partial charge >= 0.3 is 0 Å². The van der Waals surface area contributed by atoms with Gasteiger partial charge in [0, 0.05) is 25.7 Å². The Kier molecular flexibility index (Phi) is 4.12. The molecule has 1 saturated heterocycles. The first-order valence-corrected chi connectivity index (χ1v) is 7.09. The van der Waals surface area contributed by atoms with Crippen LogP contribution in [-0.4, -0.2) is 60.5 Å². The van der Waals surface area contributed by atoms with E-state index in [4.69, 9.17) is 0 Å². The second-order valence-electron chi connectivity index (χ2n) is 6.22. The first-order valence-electron chi connectivity index (χ1n) is 7.09. The number of hydrogen-bond acceptors (Lipinski definition) is 4. The topological polar surface area (TPSA) is 59.4 Å². The van der Waals surface area contributed by atoms with Gasteiger partial charge in [0.2, 0.25) is 5.91 Å². The van der Waals surface area contributed by atoms with Crippen LogP contribution in [0.25, 0.3) is 0 Å². The van der Waals surface area contributed by atoms with Crippen LogP contribution < -0.4 is 5.32 Å². The zero-order valence-corrected chi connectivity index (χ0v) is 12.1. The molecule has 0 spiro atoms. The van der Waals surface area contributed by atoms with Crippen molar-refractivity contribution in [3.63, 3.8) is 0 Å². The van der Waals surface area contributed by atoms with E-state index in [0.717, 1.165) is 32.5 Å². The molecule has 0 aromatic carbocycles. The van der Waals surface area contributed by atoms with E-state index in [1.807, 2.05) is 6.92 Å². The lowest BCUT2D eigenvalue weighted by atomic mass is 9.98. The molecule has 106 valence electrons. The number of nitrogens with one attached hydrogen (secondary N) is 1. The summed E-state index contributed by atoms with van der Waals surface area (Å²) in [6.07, 6.45) is 2.10. The van der Waals surface area contributed by atoms with E-state index < -0.39 is 5.54 Å². The molecule has 1 heterocycles. The third-order valence-electron chi connectivity index (χ3n) is 4.34. The minimum atomic E-state index is -0.674. The number of hydrogen-bond donors (Lipinski definition) is 1. The molecule has 1 aliphatic carbocycles. The van der Waals surface area contributed by atoms with Gasteiger partial charge in [0.05, 0.1) is 12.6 Å². The lowest BCUT2D eigenvalue weighted by molar-refractivity contribution is -0.124. The highest BCUT2D eigenvalue weighted by Gasteiger charge is 2.43. The Balaban J connectivity index is 1.86. The average Bonchev–Trinajstić information content (AvgIpc) is 3.17. The highest BCUT2D eigenvalue weighted by Crippen LogP contribution is 2.39. The van der Waals surface area contributed by atoms with Gasteiger partial charge in [-0.3, -0.25) is 9.69 Å². The maximum Gasteiger partial charge on any atom is 0.235 e. The van der Waals surface area contributed by atoms with Crippen molar-refractivity contribution in [3.05, 3.63) is 0 Å². The van der Waals surface area contributed by atoms with Crippen LogP contribution in [0.3, 0.4) is 0 Å². The van der Waals surface area contributed by atoms with E-state index >= 15 is 0 Å². The van der Waals surface area contributed by atoms with Gasteiger partial charge in [0.1, 0.15) is 5.54 Å². The molecule has 2 fully saturated rings.